The summed E-state index contributed by atoms with van der Waals surface area (Å²) in [5, 5.41) is 3.00. The van der Waals surface area contributed by atoms with Crippen LogP contribution in [0, 0.1) is 0 Å². The van der Waals surface area contributed by atoms with Crippen molar-refractivity contribution in [2.24, 2.45) is 0 Å². The molecule has 0 saturated heterocycles. The van der Waals surface area contributed by atoms with Crippen molar-refractivity contribution in [2.45, 2.75) is 18.5 Å². The van der Waals surface area contributed by atoms with Gasteiger partial charge >= 0.3 is 0 Å². The third-order valence-electron chi connectivity index (χ3n) is 5.78. The van der Waals surface area contributed by atoms with E-state index in [9.17, 15) is 9.59 Å². The van der Waals surface area contributed by atoms with Crippen LogP contribution in [0.3, 0.4) is 0 Å². The van der Waals surface area contributed by atoms with E-state index in [1.165, 1.54) is 0 Å². The number of pyridine rings is 1. The minimum absolute atomic E-state index is 0.130. The molecule has 0 saturated carbocycles. The number of nitrogens with one attached hydrogen (secondary N) is 1. The summed E-state index contributed by atoms with van der Waals surface area (Å²) in [4.78, 5) is 32.6. The molecule has 1 aliphatic heterocycles. The third-order valence-corrected chi connectivity index (χ3v) is 5.78. The highest BCUT2D eigenvalue weighted by Crippen LogP contribution is 2.43. The van der Waals surface area contributed by atoms with Gasteiger partial charge in [0, 0.05) is 18.8 Å². The Morgan fingerprint density at radius 2 is 1.78 bits per heavy atom. The van der Waals surface area contributed by atoms with Crippen LogP contribution in [-0.2, 0) is 11.3 Å². The standard InChI is InChI=1S/C25H25N3O4/c1-28-23(16-11-12-20(31-2)21(14-16)32-3)22(18-9-4-5-10-19(18)25(28)30)24(29)27-15-17-8-6-7-13-26-17/h4-14,22-23H,15H2,1-3H3,(H,27,29)/t22-,23-/m0/s1. The summed E-state index contributed by atoms with van der Waals surface area (Å²) in [6.45, 7) is 0.300. The summed E-state index contributed by atoms with van der Waals surface area (Å²) in [6, 6.07) is 17.8. The summed E-state index contributed by atoms with van der Waals surface area (Å²) in [5.74, 6) is 0.210. The maximum absolute atomic E-state index is 13.5. The lowest BCUT2D eigenvalue weighted by Gasteiger charge is -2.40. The molecule has 0 radical (unpaired) electrons. The van der Waals surface area contributed by atoms with Gasteiger partial charge in [0.15, 0.2) is 11.5 Å². The molecule has 3 aromatic rings. The van der Waals surface area contributed by atoms with Crippen LogP contribution in [0.5, 0.6) is 11.5 Å². The van der Waals surface area contributed by atoms with Crippen LogP contribution >= 0.6 is 0 Å². The van der Waals surface area contributed by atoms with Crippen molar-refractivity contribution >= 4 is 11.8 Å². The first kappa shape index (κ1) is 21.4. The molecule has 0 fully saturated rings. The first-order chi connectivity index (χ1) is 15.5. The van der Waals surface area contributed by atoms with Crippen molar-refractivity contribution in [1.29, 1.82) is 0 Å². The second-order valence-electron chi connectivity index (χ2n) is 7.58. The molecule has 4 rings (SSSR count). The van der Waals surface area contributed by atoms with E-state index >= 15 is 0 Å². The Labute approximate surface area is 187 Å². The maximum atomic E-state index is 13.5. The second-order valence-corrected chi connectivity index (χ2v) is 7.58. The van der Waals surface area contributed by atoms with Gasteiger partial charge in [0.05, 0.1) is 38.4 Å². The number of fused-ring (bicyclic) bond motifs is 1. The molecule has 0 aliphatic carbocycles. The van der Waals surface area contributed by atoms with Crippen molar-refractivity contribution in [1.82, 2.24) is 15.2 Å². The molecule has 0 spiro atoms. The van der Waals surface area contributed by atoms with Crippen LogP contribution in [0.25, 0.3) is 0 Å². The molecule has 0 unspecified atom stereocenters. The van der Waals surface area contributed by atoms with E-state index in [1.807, 2.05) is 48.5 Å². The molecule has 2 amide bonds. The number of methoxy groups -OCH3 is 2. The van der Waals surface area contributed by atoms with E-state index in [0.29, 0.717) is 29.2 Å². The molecule has 7 heteroatoms. The quantitative estimate of drug-likeness (QED) is 0.648. The number of benzene rings is 2. The number of carbonyl (C=O) groups excluding carboxylic acids is 2. The highest BCUT2D eigenvalue weighted by molar-refractivity contribution is 6.01. The zero-order valence-electron chi connectivity index (χ0n) is 18.2. The van der Waals surface area contributed by atoms with E-state index in [4.69, 9.17) is 9.47 Å². The van der Waals surface area contributed by atoms with Crippen LogP contribution in [0.15, 0.2) is 66.9 Å². The largest absolute Gasteiger partial charge is 0.493 e. The lowest BCUT2D eigenvalue weighted by atomic mass is 9.79. The topological polar surface area (TPSA) is 80.8 Å². The Morgan fingerprint density at radius 3 is 2.50 bits per heavy atom. The summed E-state index contributed by atoms with van der Waals surface area (Å²) in [5.41, 5.74) is 2.78. The predicted octanol–water partition coefficient (Wildman–Crippen LogP) is 3.33. The number of hydrogen-bond acceptors (Lipinski definition) is 5. The molecule has 7 nitrogen and oxygen atoms in total. The Morgan fingerprint density at radius 1 is 1.03 bits per heavy atom. The summed E-state index contributed by atoms with van der Waals surface area (Å²) in [7, 11) is 4.85. The number of nitrogens with zero attached hydrogens (tertiary/aromatic N) is 2. The van der Waals surface area contributed by atoms with Gasteiger partial charge in [-0.05, 0) is 41.5 Å². The SMILES string of the molecule is COc1ccc([C@H]2[C@@H](C(=O)NCc3ccccn3)c3ccccc3C(=O)N2C)cc1OC. The molecule has 1 N–H and O–H groups in total. The van der Waals surface area contributed by atoms with Gasteiger partial charge in [-0.15, -0.1) is 0 Å². The molecular weight excluding hydrogens is 406 g/mol. The van der Waals surface area contributed by atoms with Gasteiger partial charge in [-0.25, -0.2) is 0 Å². The highest BCUT2D eigenvalue weighted by atomic mass is 16.5. The molecule has 2 aromatic carbocycles. The van der Waals surface area contributed by atoms with Crippen molar-refractivity contribution in [2.75, 3.05) is 21.3 Å². The number of likely N-dealkylation sites (N-methyl/N-ethyl adjacent to an activating group) is 1. The van der Waals surface area contributed by atoms with Gasteiger partial charge in [0.25, 0.3) is 5.91 Å². The minimum Gasteiger partial charge on any atom is -0.493 e. The van der Waals surface area contributed by atoms with Crippen LogP contribution < -0.4 is 14.8 Å². The van der Waals surface area contributed by atoms with Crippen molar-refractivity contribution in [3.8, 4) is 11.5 Å². The molecule has 0 bridgehead atoms. The van der Waals surface area contributed by atoms with Gasteiger partial charge in [0.1, 0.15) is 0 Å². The number of aromatic nitrogens is 1. The summed E-state index contributed by atoms with van der Waals surface area (Å²) < 4.78 is 10.8. The van der Waals surface area contributed by atoms with E-state index in [2.05, 4.69) is 10.3 Å². The van der Waals surface area contributed by atoms with Gasteiger partial charge in [-0.1, -0.05) is 30.3 Å². The van der Waals surface area contributed by atoms with Gasteiger partial charge < -0.3 is 19.7 Å². The van der Waals surface area contributed by atoms with Crippen LogP contribution in [-0.4, -0.2) is 43.0 Å². The third kappa shape index (κ3) is 3.89. The molecule has 2 atom stereocenters. The Balaban J connectivity index is 1.76. The monoisotopic (exact) mass is 431 g/mol. The first-order valence-corrected chi connectivity index (χ1v) is 10.3. The van der Waals surface area contributed by atoms with E-state index < -0.39 is 12.0 Å². The fraction of sp³-hybridized carbons (Fsp3) is 0.240. The number of carbonyl (C=O) groups is 2. The Kier molecular flexibility index (Phi) is 6.07. The van der Waals surface area contributed by atoms with E-state index in [-0.39, 0.29) is 11.8 Å². The number of amides is 2. The number of hydrogen-bond donors (Lipinski definition) is 1. The minimum atomic E-state index is -0.601. The summed E-state index contributed by atoms with van der Waals surface area (Å²) in [6.07, 6.45) is 1.69. The lowest BCUT2D eigenvalue weighted by molar-refractivity contribution is -0.124. The van der Waals surface area contributed by atoms with Crippen molar-refractivity contribution in [3.63, 3.8) is 0 Å². The van der Waals surface area contributed by atoms with Crippen LogP contribution in [0.4, 0.5) is 0 Å². The zero-order valence-corrected chi connectivity index (χ0v) is 18.2. The predicted molar refractivity (Wildman–Crippen MR) is 120 cm³/mol. The fourth-order valence-electron chi connectivity index (χ4n) is 4.20. The average Bonchev–Trinajstić information content (AvgIpc) is 2.84. The van der Waals surface area contributed by atoms with Gasteiger partial charge in [-0.2, -0.15) is 0 Å². The number of rotatable bonds is 6. The van der Waals surface area contributed by atoms with Crippen molar-refractivity contribution < 1.29 is 19.1 Å². The van der Waals surface area contributed by atoms with Gasteiger partial charge in [-0.3, -0.25) is 14.6 Å². The molecular formula is C25H25N3O4. The second kappa shape index (κ2) is 9.09. The molecule has 32 heavy (non-hydrogen) atoms. The highest BCUT2D eigenvalue weighted by Gasteiger charge is 2.42. The lowest BCUT2D eigenvalue weighted by Crippen LogP contribution is -2.45. The maximum Gasteiger partial charge on any atom is 0.254 e. The molecule has 164 valence electrons. The smallest absolute Gasteiger partial charge is 0.254 e. The molecule has 2 heterocycles. The Bertz CT molecular complexity index is 1130. The normalized spacial score (nSPS) is 17.5. The van der Waals surface area contributed by atoms with Crippen LogP contribution in [0.1, 0.15) is 39.1 Å². The van der Waals surface area contributed by atoms with Crippen molar-refractivity contribution in [3.05, 3.63) is 89.2 Å². The van der Waals surface area contributed by atoms with E-state index in [0.717, 1.165) is 11.3 Å². The van der Waals surface area contributed by atoms with Gasteiger partial charge in [0.2, 0.25) is 5.91 Å². The fourth-order valence-corrected chi connectivity index (χ4v) is 4.20. The first-order valence-electron chi connectivity index (χ1n) is 10.3. The van der Waals surface area contributed by atoms with Crippen LogP contribution in [0.2, 0.25) is 0 Å². The molecule has 1 aromatic heterocycles. The average molecular weight is 431 g/mol. The zero-order chi connectivity index (χ0) is 22.7. The number of ether oxygens (including phenoxy) is 2. The summed E-state index contributed by atoms with van der Waals surface area (Å²) >= 11 is 0. The van der Waals surface area contributed by atoms with E-state index in [1.54, 1.807) is 44.5 Å². The molecule has 1 aliphatic rings. The Hall–Kier alpha value is -3.87.